The molecule has 0 aromatic carbocycles. The van der Waals surface area contributed by atoms with Crippen molar-refractivity contribution in [2.24, 2.45) is 0 Å². The van der Waals surface area contributed by atoms with Gasteiger partial charge in [-0.1, -0.05) is 11.8 Å². The van der Waals surface area contributed by atoms with E-state index in [9.17, 15) is 9.59 Å². The Morgan fingerprint density at radius 1 is 1.52 bits per heavy atom. The van der Waals surface area contributed by atoms with E-state index in [1.165, 1.54) is 11.8 Å². The van der Waals surface area contributed by atoms with Gasteiger partial charge >= 0.3 is 12.0 Å². The lowest BCUT2D eigenvalue weighted by atomic mass is 10.2. The van der Waals surface area contributed by atoms with Crippen LogP contribution in [-0.4, -0.2) is 50.5 Å². The number of rotatable bonds is 5. The predicted octanol–water partition coefficient (Wildman–Crippen LogP) is 0.346. The number of fused-ring (bicyclic) bond motifs is 1. The van der Waals surface area contributed by atoms with Crippen molar-refractivity contribution in [3.63, 3.8) is 0 Å². The number of carbonyl (C=O) groups is 2. The van der Waals surface area contributed by atoms with E-state index >= 15 is 0 Å². The van der Waals surface area contributed by atoms with E-state index in [0.29, 0.717) is 28.0 Å². The summed E-state index contributed by atoms with van der Waals surface area (Å²) in [4.78, 5) is 31.8. The molecule has 2 aromatic heterocycles. The molecule has 2 amide bonds. The number of hydrogen-bond acceptors (Lipinski definition) is 7. The first-order chi connectivity index (χ1) is 11.2. The van der Waals surface area contributed by atoms with Gasteiger partial charge in [-0.2, -0.15) is 4.98 Å². The van der Waals surface area contributed by atoms with Gasteiger partial charge in [0.2, 0.25) is 5.16 Å². The van der Waals surface area contributed by atoms with E-state index in [4.69, 9.17) is 4.74 Å². The Hall–Kier alpha value is -2.62. The largest absolute Gasteiger partial charge is 0.463 e. The molecule has 2 N–H and O–H groups in total. The zero-order valence-electron chi connectivity index (χ0n) is 12.3. The molecule has 0 spiro atoms. The standard InChI is InChI=1S/C13H14N6O3S/c1-2-22-10(20)8-6-15-12(21)16-9(8)7-23-13-17-11-14-4-3-5-19(11)18-13/h3-5H,2,6-7H2,1H3,(H2,15,16,21). The lowest BCUT2D eigenvalue weighted by Crippen LogP contribution is -2.44. The molecule has 2 aromatic rings. The second kappa shape index (κ2) is 6.65. The number of aromatic nitrogens is 4. The monoisotopic (exact) mass is 334 g/mol. The van der Waals surface area contributed by atoms with Crippen molar-refractivity contribution in [2.75, 3.05) is 18.9 Å². The average Bonchev–Trinajstić information content (AvgIpc) is 2.96. The van der Waals surface area contributed by atoms with Gasteiger partial charge in [0.1, 0.15) is 0 Å². The van der Waals surface area contributed by atoms with Crippen LogP contribution in [0, 0.1) is 0 Å². The van der Waals surface area contributed by atoms with Crippen LogP contribution >= 0.6 is 11.8 Å². The van der Waals surface area contributed by atoms with E-state index < -0.39 is 5.97 Å². The summed E-state index contributed by atoms with van der Waals surface area (Å²) in [6, 6.07) is 1.41. The minimum Gasteiger partial charge on any atom is -0.463 e. The highest BCUT2D eigenvalue weighted by Gasteiger charge is 2.24. The fourth-order valence-corrected chi connectivity index (χ4v) is 2.79. The van der Waals surface area contributed by atoms with Crippen molar-refractivity contribution in [3.8, 4) is 0 Å². The van der Waals surface area contributed by atoms with Crippen LogP contribution in [-0.2, 0) is 9.53 Å². The van der Waals surface area contributed by atoms with Gasteiger partial charge in [0.25, 0.3) is 5.78 Å². The number of nitrogens with one attached hydrogen (secondary N) is 2. The van der Waals surface area contributed by atoms with Crippen molar-refractivity contribution in [2.45, 2.75) is 12.1 Å². The molecule has 0 unspecified atom stereocenters. The van der Waals surface area contributed by atoms with Crippen molar-refractivity contribution < 1.29 is 14.3 Å². The molecule has 0 atom stereocenters. The SMILES string of the molecule is CCOC(=O)C1=C(CSc2nc3ncccn3n2)NC(=O)NC1. The van der Waals surface area contributed by atoms with Gasteiger partial charge in [0, 0.05) is 23.8 Å². The van der Waals surface area contributed by atoms with Gasteiger partial charge < -0.3 is 15.4 Å². The fraction of sp³-hybridized carbons (Fsp3) is 0.308. The maximum Gasteiger partial charge on any atom is 0.337 e. The van der Waals surface area contributed by atoms with Crippen molar-refractivity contribution >= 4 is 29.5 Å². The van der Waals surface area contributed by atoms with E-state index in [1.54, 1.807) is 29.9 Å². The molecule has 23 heavy (non-hydrogen) atoms. The van der Waals surface area contributed by atoms with Crippen LogP contribution in [0.15, 0.2) is 34.9 Å². The number of ether oxygens (including phenoxy) is 1. The number of urea groups is 1. The smallest absolute Gasteiger partial charge is 0.337 e. The van der Waals surface area contributed by atoms with E-state index in [-0.39, 0.29) is 19.2 Å². The van der Waals surface area contributed by atoms with Crippen LogP contribution < -0.4 is 10.6 Å². The normalized spacial score (nSPS) is 14.6. The van der Waals surface area contributed by atoms with Crippen LogP contribution in [0.25, 0.3) is 5.78 Å². The molecule has 3 rings (SSSR count). The van der Waals surface area contributed by atoms with Gasteiger partial charge in [-0.05, 0) is 13.0 Å². The molecule has 0 saturated carbocycles. The quantitative estimate of drug-likeness (QED) is 0.599. The highest BCUT2D eigenvalue weighted by Crippen LogP contribution is 2.19. The maximum absolute atomic E-state index is 11.9. The molecule has 0 saturated heterocycles. The molecule has 0 aliphatic carbocycles. The summed E-state index contributed by atoms with van der Waals surface area (Å²) in [6.07, 6.45) is 3.38. The molecule has 9 nitrogen and oxygen atoms in total. The number of esters is 1. The molecule has 1 aliphatic rings. The van der Waals surface area contributed by atoms with Crippen molar-refractivity contribution in [3.05, 3.63) is 29.7 Å². The second-order valence-corrected chi connectivity index (χ2v) is 5.48. The molecule has 0 fully saturated rings. The molecule has 120 valence electrons. The number of hydrogen-bond donors (Lipinski definition) is 2. The highest BCUT2D eigenvalue weighted by atomic mass is 32.2. The molecule has 1 aliphatic heterocycles. The summed E-state index contributed by atoms with van der Waals surface area (Å²) in [5.41, 5.74) is 0.907. The lowest BCUT2D eigenvalue weighted by molar-refractivity contribution is -0.138. The van der Waals surface area contributed by atoms with Crippen molar-refractivity contribution in [1.82, 2.24) is 30.2 Å². The summed E-state index contributed by atoms with van der Waals surface area (Å²) < 4.78 is 6.56. The Morgan fingerprint density at radius 3 is 3.17 bits per heavy atom. The summed E-state index contributed by atoms with van der Waals surface area (Å²) in [6.45, 7) is 2.15. The Bertz CT molecular complexity index is 754. The van der Waals surface area contributed by atoms with Crippen LogP contribution in [0.4, 0.5) is 4.79 Å². The predicted molar refractivity (Wildman–Crippen MR) is 81.7 cm³/mol. The number of carbonyl (C=O) groups excluding carboxylic acids is 2. The first-order valence-electron chi connectivity index (χ1n) is 6.91. The first-order valence-corrected chi connectivity index (χ1v) is 7.90. The zero-order chi connectivity index (χ0) is 16.2. The Balaban J connectivity index is 1.77. The van der Waals surface area contributed by atoms with Crippen LogP contribution in [0.5, 0.6) is 0 Å². The third-order valence-corrected chi connectivity index (χ3v) is 3.88. The van der Waals surface area contributed by atoms with Crippen LogP contribution in [0.1, 0.15) is 6.92 Å². The van der Waals surface area contributed by atoms with Gasteiger partial charge in [-0.3, -0.25) is 0 Å². The molecular weight excluding hydrogens is 320 g/mol. The third-order valence-electron chi connectivity index (χ3n) is 3.02. The summed E-state index contributed by atoms with van der Waals surface area (Å²) >= 11 is 1.30. The fourth-order valence-electron chi connectivity index (χ4n) is 1.98. The minimum atomic E-state index is -0.444. The second-order valence-electron chi connectivity index (χ2n) is 4.53. The first kappa shape index (κ1) is 15.3. The molecule has 0 radical (unpaired) electrons. The molecule has 10 heteroatoms. The zero-order valence-corrected chi connectivity index (χ0v) is 13.1. The summed E-state index contributed by atoms with van der Waals surface area (Å²) in [5, 5.41) is 9.97. The van der Waals surface area contributed by atoms with Gasteiger partial charge in [0.15, 0.2) is 0 Å². The molecule has 0 bridgehead atoms. The lowest BCUT2D eigenvalue weighted by Gasteiger charge is -2.20. The number of amides is 2. The Kier molecular flexibility index (Phi) is 4.42. The van der Waals surface area contributed by atoms with E-state index in [2.05, 4.69) is 25.7 Å². The van der Waals surface area contributed by atoms with E-state index in [1.807, 2.05) is 0 Å². The molecule has 3 heterocycles. The van der Waals surface area contributed by atoms with Gasteiger partial charge in [-0.25, -0.2) is 19.1 Å². The van der Waals surface area contributed by atoms with Crippen molar-refractivity contribution in [1.29, 1.82) is 0 Å². The van der Waals surface area contributed by atoms with E-state index in [0.717, 1.165) is 0 Å². The highest BCUT2D eigenvalue weighted by molar-refractivity contribution is 7.99. The van der Waals surface area contributed by atoms with Crippen LogP contribution in [0.2, 0.25) is 0 Å². The summed E-state index contributed by atoms with van der Waals surface area (Å²) in [7, 11) is 0. The van der Waals surface area contributed by atoms with Gasteiger partial charge in [0.05, 0.1) is 18.7 Å². The van der Waals surface area contributed by atoms with Gasteiger partial charge in [-0.15, -0.1) is 5.10 Å². The average molecular weight is 334 g/mol. The Morgan fingerprint density at radius 2 is 2.39 bits per heavy atom. The molecular formula is C13H14N6O3S. The summed E-state index contributed by atoms with van der Waals surface area (Å²) in [5.74, 6) is 0.391. The third kappa shape index (κ3) is 3.42. The Labute approximate surface area is 135 Å². The number of thioether (sulfide) groups is 1. The minimum absolute atomic E-state index is 0.140. The number of nitrogens with zero attached hydrogens (tertiary/aromatic N) is 4. The maximum atomic E-state index is 11.9. The van der Waals surface area contributed by atoms with Crippen LogP contribution in [0.3, 0.4) is 0 Å². The topological polar surface area (TPSA) is 111 Å².